The van der Waals surface area contributed by atoms with Gasteiger partial charge in [0.05, 0.1) is 12.2 Å². The maximum atomic E-state index is 14.2. The Labute approximate surface area is 163 Å². The fraction of sp³-hybridized carbons (Fsp3) is 0.0526. The number of pyridine rings is 1. The van der Waals surface area contributed by atoms with Crippen LogP contribution in [-0.4, -0.2) is 23.0 Å². The molecule has 2 heterocycles. The van der Waals surface area contributed by atoms with Crippen molar-refractivity contribution in [1.82, 2.24) is 14.6 Å². The topological polar surface area (TPSA) is 67.6 Å². The minimum Gasteiger partial charge on any atom is -0.288 e. The van der Waals surface area contributed by atoms with Crippen molar-refractivity contribution in [2.45, 2.75) is 11.4 Å². The number of rotatable bonds is 5. The highest BCUT2D eigenvalue weighted by atomic mass is 32.2. The normalized spacial score (nSPS) is 11.7. The molecule has 10 heteroatoms. The van der Waals surface area contributed by atoms with Crippen molar-refractivity contribution in [2.75, 3.05) is 4.31 Å². The van der Waals surface area contributed by atoms with E-state index in [9.17, 15) is 21.6 Å². The maximum Gasteiger partial charge on any atom is 0.268 e. The average Bonchev–Trinajstić information content (AvgIpc) is 3.15. The summed E-state index contributed by atoms with van der Waals surface area (Å²) < 4.78 is 70.9. The van der Waals surface area contributed by atoms with Crippen molar-refractivity contribution in [1.29, 1.82) is 0 Å². The Kier molecular flexibility index (Phi) is 4.71. The summed E-state index contributed by atoms with van der Waals surface area (Å²) in [7, 11) is -4.39. The highest BCUT2D eigenvalue weighted by molar-refractivity contribution is 7.93. The van der Waals surface area contributed by atoms with Crippen molar-refractivity contribution in [3.8, 4) is 0 Å². The molecule has 0 saturated heterocycles. The number of sulfonamides is 1. The predicted molar refractivity (Wildman–Crippen MR) is 99.1 cm³/mol. The Bertz CT molecular complexity index is 1290. The zero-order valence-corrected chi connectivity index (χ0v) is 15.5. The van der Waals surface area contributed by atoms with E-state index < -0.39 is 34.0 Å². The fourth-order valence-corrected chi connectivity index (χ4v) is 4.48. The fourth-order valence-electron chi connectivity index (χ4n) is 2.93. The van der Waals surface area contributed by atoms with Crippen LogP contribution in [0.25, 0.3) is 5.65 Å². The molecule has 0 N–H and O–H groups in total. The Morgan fingerprint density at radius 2 is 1.69 bits per heavy atom. The Morgan fingerprint density at radius 1 is 0.966 bits per heavy atom. The zero-order valence-electron chi connectivity index (χ0n) is 14.7. The molecule has 0 aliphatic heterocycles. The quantitative estimate of drug-likeness (QED) is 0.497. The molecule has 0 radical (unpaired) electrons. The molecule has 0 saturated carbocycles. The summed E-state index contributed by atoms with van der Waals surface area (Å²) in [6.45, 7) is -0.479. The second-order valence-corrected chi connectivity index (χ2v) is 8.00. The second-order valence-electron chi connectivity index (χ2n) is 6.16. The summed E-state index contributed by atoms with van der Waals surface area (Å²) >= 11 is 0. The number of hydrogen-bond acceptors (Lipinski definition) is 4. The van der Waals surface area contributed by atoms with E-state index in [2.05, 4.69) is 10.2 Å². The van der Waals surface area contributed by atoms with Gasteiger partial charge in [0.25, 0.3) is 10.0 Å². The lowest BCUT2D eigenvalue weighted by molar-refractivity contribution is 0.577. The predicted octanol–water partition coefficient (Wildman–Crippen LogP) is 3.54. The second kappa shape index (κ2) is 7.21. The van der Waals surface area contributed by atoms with Gasteiger partial charge in [-0.15, -0.1) is 10.2 Å². The first-order chi connectivity index (χ1) is 13.9. The molecular weight excluding hydrogens is 405 g/mol. The molecule has 0 unspecified atom stereocenters. The molecule has 0 amide bonds. The number of hydrogen-bond donors (Lipinski definition) is 0. The van der Waals surface area contributed by atoms with Crippen LogP contribution in [0.4, 0.5) is 18.9 Å². The number of anilines is 1. The number of halogens is 3. The van der Waals surface area contributed by atoms with Gasteiger partial charge in [0.2, 0.25) is 0 Å². The van der Waals surface area contributed by atoms with Crippen LogP contribution in [0, 0.1) is 17.5 Å². The summed E-state index contributed by atoms with van der Waals surface area (Å²) in [4.78, 5) is -0.237. The van der Waals surface area contributed by atoms with Gasteiger partial charge in [-0.3, -0.25) is 8.71 Å². The van der Waals surface area contributed by atoms with Gasteiger partial charge in [0, 0.05) is 17.8 Å². The lowest BCUT2D eigenvalue weighted by Crippen LogP contribution is -2.31. The van der Waals surface area contributed by atoms with Crippen molar-refractivity contribution >= 4 is 21.4 Å². The Hall–Kier alpha value is -3.40. The summed E-state index contributed by atoms with van der Waals surface area (Å²) in [5.41, 5.74) is -0.218. The third kappa shape index (κ3) is 3.54. The van der Waals surface area contributed by atoms with E-state index in [0.29, 0.717) is 6.07 Å². The van der Waals surface area contributed by atoms with E-state index in [4.69, 9.17) is 0 Å². The van der Waals surface area contributed by atoms with Crippen LogP contribution in [0.1, 0.15) is 5.56 Å². The van der Waals surface area contributed by atoms with Gasteiger partial charge in [-0.25, -0.2) is 21.6 Å². The first kappa shape index (κ1) is 18.9. The minimum atomic E-state index is -4.39. The molecule has 0 spiro atoms. The molecule has 148 valence electrons. The van der Waals surface area contributed by atoms with E-state index in [1.807, 2.05) is 0 Å². The van der Waals surface area contributed by atoms with E-state index >= 15 is 0 Å². The largest absolute Gasteiger partial charge is 0.288 e. The van der Waals surface area contributed by atoms with Gasteiger partial charge in [-0.05, 0) is 30.3 Å². The van der Waals surface area contributed by atoms with Gasteiger partial charge >= 0.3 is 0 Å². The monoisotopic (exact) mass is 418 g/mol. The summed E-state index contributed by atoms with van der Waals surface area (Å²) in [6, 6.07) is 10.7. The molecule has 29 heavy (non-hydrogen) atoms. The molecule has 0 aliphatic carbocycles. The molecule has 4 rings (SSSR count). The molecular formula is C19H13F3N4O2S. The number of fused-ring (bicyclic) bond motifs is 1. The lowest BCUT2D eigenvalue weighted by Gasteiger charge is -2.25. The van der Waals surface area contributed by atoms with Crippen LogP contribution in [0.2, 0.25) is 0 Å². The minimum absolute atomic E-state index is 0.0305. The van der Waals surface area contributed by atoms with Crippen LogP contribution < -0.4 is 4.31 Å². The zero-order chi connectivity index (χ0) is 20.6. The van der Waals surface area contributed by atoms with Crippen molar-refractivity contribution in [3.05, 3.63) is 90.1 Å². The van der Waals surface area contributed by atoms with E-state index in [1.54, 1.807) is 6.20 Å². The van der Waals surface area contributed by atoms with Crippen molar-refractivity contribution < 1.29 is 21.6 Å². The molecule has 0 bridgehead atoms. The Balaban J connectivity index is 1.91. The summed E-state index contributed by atoms with van der Waals surface area (Å²) in [6.07, 6.45) is 2.87. The van der Waals surface area contributed by atoms with Crippen molar-refractivity contribution in [3.63, 3.8) is 0 Å². The van der Waals surface area contributed by atoms with Crippen LogP contribution >= 0.6 is 0 Å². The number of nitrogens with zero attached hydrogens (tertiary/aromatic N) is 4. The van der Waals surface area contributed by atoms with Crippen LogP contribution in [-0.2, 0) is 16.6 Å². The molecule has 0 aliphatic rings. The first-order valence-electron chi connectivity index (χ1n) is 8.37. The number of aromatic nitrogens is 3. The van der Waals surface area contributed by atoms with E-state index in [0.717, 1.165) is 16.4 Å². The smallest absolute Gasteiger partial charge is 0.268 e. The SMILES string of the molecule is O=S(=O)(c1cccn2cnnc12)N(Cc1ccccc1F)c1cc(F)cc(F)c1. The van der Waals surface area contributed by atoms with Crippen LogP contribution in [0.5, 0.6) is 0 Å². The summed E-state index contributed by atoms with van der Waals surface area (Å²) in [5.74, 6) is -2.57. The van der Waals surface area contributed by atoms with Gasteiger partial charge in [-0.1, -0.05) is 18.2 Å². The Morgan fingerprint density at radius 3 is 2.41 bits per heavy atom. The third-order valence-electron chi connectivity index (χ3n) is 4.26. The average molecular weight is 418 g/mol. The van der Waals surface area contributed by atoms with Gasteiger partial charge in [0.1, 0.15) is 28.7 Å². The van der Waals surface area contributed by atoms with Crippen LogP contribution in [0.15, 0.2) is 72.0 Å². The maximum absolute atomic E-state index is 14.2. The molecule has 0 fully saturated rings. The van der Waals surface area contributed by atoms with Crippen LogP contribution in [0.3, 0.4) is 0 Å². The molecule has 6 nitrogen and oxygen atoms in total. The summed E-state index contributed by atoms with van der Waals surface area (Å²) in [5, 5.41) is 7.49. The molecule has 0 atom stereocenters. The van der Waals surface area contributed by atoms with Gasteiger partial charge in [-0.2, -0.15) is 0 Å². The van der Waals surface area contributed by atoms with Crippen molar-refractivity contribution in [2.24, 2.45) is 0 Å². The standard InChI is InChI=1S/C19H13F3N4O2S/c20-14-8-15(21)10-16(9-14)26(11-13-4-1-2-5-17(13)22)29(27,28)18-6-3-7-25-12-23-24-19(18)25/h1-10,12H,11H2. The first-order valence-corrected chi connectivity index (χ1v) is 9.81. The molecule has 4 aromatic rings. The van der Waals surface area contributed by atoms with Gasteiger partial charge < -0.3 is 0 Å². The highest BCUT2D eigenvalue weighted by Crippen LogP contribution is 2.29. The molecule has 2 aromatic carbocycles. The van der Waals surface area contributed by atoms with Gasteiger partial charge in [0.15, 0.2) is 5.65 Å². The third-order valence-corrected chi connectivity index (χ3v) is 6.06. The van der Waals surface area contributed by atoms with E-state index in [1.165, 1.54) is 47.1 Å². The number of benzene rings is 2. The molecule has 2 aromatic heterocycles. The lowest BCUT2D eigenvalue weighted by atomic mass is 10.2. The van der Waals surface area contributed by atoms with E-state index in [-0.39, 0.29) is 21.8 Å². The highest BCUT2D eigenvalue weighted by Gasteiger charge is 2.29.